The Bertz CT molecular complexity index is 927. The fourth-order valence-corrected chi connectivity index (χ4v) is 2.90. The van der Waals surface area contributed by atoms with E-state index in [1.807, 2.05) is 0 Å². The van der Waals surface area contributed by atoms with Crippen LogP contribution in [0.3, 0.4) is 0 Å². The van der Waals surface area contributed by atoms with Gasteiger partial charge in [-0.25, -0.2) is 0 Å². The summed E-state index contributed by atoms with van der Waals surface area (Å²) in [6, 6.07) is 11.4. The molecular weight excluding hydrogens is 419 g/mol. The summed E-state index contributed by atoms with van der Waals surface area (Å²) in [6.45, 7) is 0. The number of carboxylic acids is 2. The lowest BCUT2D eigenvalue weighted by atomic mass is 9.99. The summed E-state index contributed by atoms with van der Waals surface area (Å²) in [4.78, 5) is 33.5. The van der Waals surface area contributed by atoms with E-state index in [0.29, 0.717) is 16.7 Å². The number of halogens is 3. The first-order valence-corrected chi connectivity index (χ1v) is 9.20. The molecule has 1 atom stereocenters. The largest absolute Gasteiger partial charge is 0.573 e. The van der Waals surface area contributed by atoms with Crippen LogP contribution in [-0.4, -0.2) is 40.5 Å². The lowest BCUT2D eigenvalue weighted by Crippen LogP contribution is -2.38. The van der Waals surface area contributed by atoms with Crippen molar-refractivity contribution in [3.63, 3.8) is 0 Å². The summed E-state index contributed by atoms with van der Waals surface area (Å²) >= 11 is 0. The molecule has 2 aromatic rings. The van der Waals surface area contributed by atoms with Crippen molar-refractivity contribution < 1.29 is 42.5 Å². The minimum atomic E-state index is -4.80. The SMILES string of the molecule is O=C(O)CCC(=O)NC(CC(=O)O)Cc1ccc(-c2cccc(OC(F)(F)F)c2)cc1. The third-order valence-corrected chi connectivity index (χ3v) is 4.19. The highest BCUT2D eigenvalue weighted by atomic mass is 19.4. The highest BCUT2D eigenvalue weighted by Crippen LogP contribution is 2.28. The van der Waals surface area contributed by atoms with Gasteiger partial charge in [-0.1, -0.05) is 36.4 Å². The van der Waals surface area contributed by atoms with Gasteiger partial charge in [0, 0.05) is 12.5 Å². The van der Waals surface area contributed by atoms with Crippen LogP contribution in [0.2, 0.25) is 0 Å². The topological polar surface area (TPSA) is 113 Å². The molecule has 0 spiro atoms. The van der Waals surface area contributed by atoms with Gasteiger partial charge in [0.25, 0.3) is 0 Å². The van der Waals surface area contributed by atoms with Crippen molar-refractivity contribution in [3.05, 3.63) is 54.1 Å². The van der Waals surface area contributed by atoms with Gasteiger partial charge < -0.3 is 20.3 Å². The van der Waals surface area contributed by atoms with Crippen molar-refractivity contribution in [2.75, 3.05) is 0 Å². The van der Waals surface area contributed by atoms with Gasteiger partial charge in [-0.2, -0.15) is 0 Å². The van der Waals surface area contributed by atoms with Crippen molar-refractivity contribution in [1.29, 1.82) is 0 Å². The van der Waals surface area contributed by atoms with Gasteiger partial charge in [0.15, 0.2) is 0 Å². The molecule has 0 saturated carbocycles. The highest BCUT2D eigenvalue weighted by molar-refractivity contribution is 5.81. The van der Waals surface area contributed by atoms with Gasteiger partial charge in [0.05, 0.1) is 12.8 Å². The molecule has 10 heteroatoms. The average Bonchev–Trinajstić information content (AvgIpc) is 2.65. The Morgan fingerprint density at radius 3 is 2.19 bits per heavy atom. The summed E-state index contributed by atoms with van der Waals surface area (Å²) in [5.74, 6) is -3.17. The normalized spacial score (nSPS) is 12.1. The number of amides is 1. The minimum Gasteiger partial charge on any atom is -0.481 e. The second kappa shape index (κ2) is 10.5. The van der Waals surface area contributed by atoms with E-state index in [0.717, 1.165) is 0 Å². The van der Waals surface area contributed by atoms with Gasteiger partial charge in [-0.05, 0) is 35.2 Å². The molecule has 0 aliphatic rings. The summed E-state index contributed by atoms with van der Waals surface area (Å²) in [7, 11) is 0. The van der Waals surface area contributed by atoms with Crippen LogP contribution >= 0.6 is 0 Å². The number of carboxylic acid groups (broad SMARTS) is 2. The Morgan fingerprint density at radius 2 is 1.61 bits per heavy atom. The predicted molar refractivity (Wildman–Crippen MR) is 103 cm³/mol. The number of nitrogens with one attached hydrogen (secondary N) is 1. The van der Waals surface area contributed by atoms with Crippen LogP contribution in [0.15, 0.2) is 48.5 Å². The van der Waals surface area contributed by atoms with Crippen LogP contribution in [0.25, 0.3) is 11.1 Å². The molecule has 31 heavy (non-hydrogen) atoms. The summed E-state index contributed by atoms with van der Waals surface area (Å²) in [5, 5.41) is 20.2. The molecule has 2 rings (SSSR count). The second-order valence-electron chi connectivity index (χ2n) is 6.73. The zero-order valence-electron chi connectivity index (χ0n) is 16.2. The zero-order chi connectivity index (χ0) is 23.0. The van der Waals surface area contributed by atoms with E-state index >= 15 is 0 Å². The van der Waals surface area contributed by atoms with E-state index in [2.05, 4.69) is 10.1 Å². The van der Waals surface area contributed by atoms with E-state index < -0.39 is 30.2 Å². The van der Waals surface area contributed by atoms with E-state index in [9.17, 15) is 27.6 Å². The molecule has 0 fully saturated rings. The van der Waals surface area contributed by atoms with Gasteiger partial charge >= 0.3 is 18.3 Å². The van der Waals surface area contributed by atoms with Crippen molar-refractivity contribution in [2.24, 2.45) is 0 Å². The molecule has 0 bridgehead atoms. The smallest absolute Gasteiger partial charge is 0.481 e. The van der Waals surface area contributed by atoms with Gasteiger partial charge in [0.2, 0.25) is 5.91 Å². The monoisotopic (exact) mass is 439 g/mol. The average molecular weight is 439 g/mol. The fraction of sp³-hybridized carbons (Fsp3) is 0.286. The van der Waals surface area contributed by atoms with E-state index in [1.54, 1.807) is 30.3 Å². The number of carbonyl (C=O) groups excluding carboxylic acids is 1. The maximum Gasteiger partial charge on any atom is 0.573 e. The third kappa shape index (κ3) is 8.77. The van der Waals surface area contributed by atoms with E-state index in [1.165, 1.54) is 18.2 Å². The van der Waals surface area contributed by atoms with Gasteiger partial charge in [-0.15, -0.1) is 13.2 Å². The number of aliphatic carboxylic acids is 2. The Kier molecular flexibility index (Phi) is 8.00. The molecule has 166 valence electrons. The molecule has 0 heterocycles. The quantitative estimate of drug-likeness (QED) is 0.521. The minimum absolute atomic E-state index is 0.183. The molecule has 0 aliphatic heterocycles. The molecular formula is C21H20F3NO6. The first kappa shape index (κ1) is 23.7. The first-order chi connectivity index (χ1) is 14.5. The fourth-order valence-electron chi connectivity index (χ4n) is 2.90. The Hall–Kier alpha value is -3.56. The maximum absolute atomic E-state index is 12.4. The Labute approximate surface area is 175 Å². The lowest BCUT2D eigenvalue weighted by Gasteiger charge is -2.17. The maximum atomic E-state index is 12.4. The molecule has 2 aromatic carbocycles. The number of carbonyl (C=O) groups is 3. The van der Waals surface area contributed by atoms with Crippen LogP contribution in [0, 0.1) is 0 Å². The predicted octanol–water partition coefficient (Wildman–Crippen LogP) is 3.62. The van der Waals surface area contributed by atoms with Gasteiger partial charge in [-0.3, -0.25) is 14.4 Å². The van der Waals surface area contributed by atoms with Crippen LogP contribution in [0.5, 0.6) is 5.75 Å². The highest BCUT2D eigenvalue weighted by Gasteiger charge is 2.31. The van der Waals surface area contributed by atoms with E-state index in [4.69, 9.17) is 10.2 Å². The van der Waals surface area contributed by atoms with Crippen molar-refractivity contribution in [3.8, 4) is 16.9 Å². The molecule has 0 aromatic heterocycles. The van der Waals surface area contributed by atoms with Crippen molar-refractivity contribution in [2.45, 2.75) is 38.1 Å². The second-order valence-corrected chi connectivity index (χ2v) is 6.73. The molecule has 0 radical (unpaired) electrons. The summed E-state index contributed by atoms with van der Waals surface area (Å²) < 4.78 is 41.1. The van der Waals surface area contributed by atoms with Crippen LogP contribution in [0.4, 0.5) is 13.2 Å². The van der Waals surface area contributed by atoms with Gasteiger partial charge in [0.1, 0.15) is 5.75 Å². The molecule has 1 unspecified atom stereocenters. The molecule has 0 aliphatic carbocycles. The van der Waals surface area contributed by atoms with Crippen LogP contribution < -0.4 is 10.1 Å². The summed E-state index contributed by atoms with van der Waals surface area (Å²) in [6.07, 6.45) is -5.59. The first-order valence-electron chi connectivity index (χ1n) is 9.20. The lowest BCUT2D eigenvalue weighted by molar-refractivity contribution is -0.274. The Balaban J connectivity index is 2.08. The van der Waals surface area contributed by atoms with Crippen molar-refractivity contribution in [1.82, 2.24) is 5.32 Å². The zero-order valence-corrected chi connectivity index (χ0v) is 16.2. The number of benzene rings is 2. The number of hydrogen-bond donors (Lipinski definition) is 3. The number of rotatable bonds is 10. The number of hydrogen-bond acceptors (Lipinski definition) is 4. The molecule has 7 nitrogen and oxygen atoms in total. The summed E-state index contributed by atoms with van der Waals surface area (Å²) in [5.41, 5.74) is 1.81. The van der Waals surface area contributed by atoms with Crippen molar-refractivity contribution >= 4 is 17.8 Å². The number of ether oxygens (including phenoxy) is 1. The third-order valence-electron chi connectivity index (χ3n) is 4.19. The van der Waals surface area contributed by atoms with Crippen LogP contribution in [-0.2, 0) is 20.8 Å². The standard InChI is InChI=1S/C21H20F3NO6/c22-21(23,24)31-17-3-1-2-15(11-17)14-6-4-13(5-7-14)10-16(12-20(29)30)25-18(26)8-9-19(27)28/h1-7,11,16H,8-10,12H2,(H,25,26)(H,27,28)(H,29,30). The molecule has 3 N–H and O–H groups in total. The molecule has 0 saturated heterocycles. The van der Waals surface area contributed by atoms with E-state index in [-0.39, 0.29) is 31.4 Å². The number of alkyl halides is 3. The molecule has 1 amide bonds. The Morgan fingerprint density at radius 1 is 0.935 bits per heavy atom. The van der Waals surface area contributed by atoms with Crippen LogP contribution in [0.1, 0.15) is 24.8 Å².